The SMILES string of the molecule is CCCc1c(-c2ccccc2)c(-c2ccc(OC)cc2)nn1C[C@H]1CC[C@H](COCC(=O)O)CC1. The van der Waals surface area contributed by atoms with Crippen LogP contribution in [0.4, 0.5) is 0 Å². The lowest BCUT2D eigenvalue weighted by molar-refractivity contribution is -0.142. The Kier molecular flexibility index (Phi) is 8.59. The molecule has 4 rings (SSSR count). The Balaban J connectivity index is 1.58. The van der Waals surface area contributed by atoms with Crippen LogP contribution in [0.2, 0.25) is 0 Å². The molecule has 0 saturated heterocycles. The second-order valence-corrected chi connectivity index (χ2v) is 9.49. The minimum Gasteiger partial charge on any atom is -0.497 e. The van der Waals surface area contributed by atoms with Gasteiger partial charge in [-0.1, -0.05) is 43.7 Å². The molecule has 6 heteroatoms. The maximum Gasteiger partial charge on any atom is 0.329 e. The summed E-state index contributed by atoms with van der Waals surface area (Å²) in [5.41, 5.74) is 5.86. The zero-order chi connectivity index (χ0) is 24.6. The zero-order valence-corrected chi connectivity index (χ0v) is 20.8. The summed E-state index contributed by atoms with van der Waals surface area (Å²) in [6.07, 6.45) is 6.42. The molecule has 0 atom stereocenters. The van der Waals surface area contributed by atoms with Crippen molar-refractivity contribution in [2.24, 2.45) is 11.8 Å². The fraction of sp³-hybridized carbons (Fsp3) is 0.448. The highest BCUT2D eigenvalue weighted by Gasteiger charge is 2.25. The molecule has 35 heavy (non-hydrogen) atoms. The number of rotatable bonds is 11. The summed E-state index contributed by atoms with van der Waals surface area (Å²) in [4.78, 5) is 10.7. The molecule has 0 spiro atoms. The van der Waals surface area contributed by atoms with E-state index in [2.05, 4.69) is 54.1 Å². The van der Waals surface area contributed by atoms with Crippen LogP contribution in [0.15, 0.2) is 54.6 Å². The van der Waals surface area contributed by atoms with Crippen LogP contribution in [0.3, 0.4) is 0 Å². The molecular formula is C29H36N2O4. The van der Waals surface area contributed by atoms with Gasteiger partial charge in [-0.3, -0.25) is 4.68 Å². The number of carboxylic acids is 1. The van der Waals surface area contributed by atoms with Crippen LogP contribution in [-0.2, 0) is 22.5 Å². The van der Waals surface area contributed by atoms with Crippen molar-refractivity contribution in [3.8, 4) is 28.1 Å². The number of benzene rings is 2. The largest absolute Gasteiger partial charge is 0.497 e. The Morgan fingerprint density at radius 1 is 1.00 bits per heavy atom. The number of ether oxygens (including phenoxy) is 2. The molecule has 0 amide bonds. The number of aliphatic carboxylic acids is 1. The molecule has 1 saturated carbocycles. The van der Waals surface area contributed by atoms with Crippen LogP contribution < -0.4 is 4.74 Å². The van der Waals surface area contributed by atoms with E-state index in [0.29, 0.717) is 18.4 Å². The second-order valence-electron chi connectivity index (χ2n) is 9.49. The third-order valence-corrected chi connectivity index (χ3v) is 6.95. The van der Waals surface area contributed by atoms with Crippen LogP contribution in [0, 0.1) is 11.8 Å². The van der Waals surface area contributed by atoms with Gasteiger partial charge in [0.25, 0.3) is 0 Å². The smallest absolute Gasteiger partial charge is 0.329 e. The van der Waals surface area contributed by atoms with Gasteiger partial charge in [0.2, 0.25) is 0 Å². The molecule has 2 aromatic carbocycles. The quantitative estimate of drug-likeness (QED) is 0.363. The maximum absolute atomic E-state index is 10.7. The van der Waals surface area contributed by atoms with Crippen molar-refractivity contribution in [3.05, 3.63) is 60.3 Å². The van der Waals surface area contributed by atoms with Crippen molar-refractivity contribution in [3.63, 3.8) is 0 Å². The molecular weight excluding hydrogens is 440 g/mol. The van der Waals surface area contributed by atoms with Gasteiger partial charge >= 0.3 is 5.97 Å². The van der Waals surface area contributed by atoms with E-state index in [-0.39, 0.29) is 6.61 Å². The van der Waals surface area contributed by atoms with E-state index in [0.717, 1.165) is 62.1 Å². The number of nitrogens with zero attached hydrogens (tertiary/aromatic N) is 2. The topological polar surface area (TPSA) is 73.6 Å². The Morgan fingerprint density at radius 3 is 2.31 bits per heavy atom. The summed E-state index contributed by atoms with van der Waals surface area (Å²) in [6.45, 7) is 3.47. The van der Waals surface area contributed by atoms with Crippen molar-refractivity contribution >= 4 is 5.97 Å². The second kappa shape index (κ2) is 12.0. The molecule has 3 aromatic rings. The van der Waals surface area contributed by atoms with Crippen molar-refractivity contribution in [1.82, 2.24) is 9.78 Å². The fourth-order valence-corrected chi connectivity index (χ4v) is 5.14. The van der Waals surface area contributed by atoms with Gasteiger partial charge in [0.1, 0.15) is 18.1 Å². The monoisotopic (exact) mass is 476 g/mol. The van der Waals surface area contributed by atoms with Crippen LogP contribution >= 0.6 is 0 Å². The van der Waals surface area contributed by atoms with Crippen molar-refractivity contribution in [1.29, 1.82) is 0 Å². The molecule has 1 aromatic heterocycles. The number of aromatic nitrogens is 2. The first kappa shape index (κ1) is 25.0. The van der Waals surface area contributed by atoms with Gasteiger partial charge in [-0.15, -0.1) is 0 Å². The van der Waals surface area contributed by atoms with Gasteiger partial charge in [-0.2, -0.15) is 5.10 Å². The Hall–Kier alpha value is -3.12. The molecule has 0 aliphatic heterocycles. The summed E-state index contributed by atoms with van der Waals surface area (Å²) in [5, 5.41) is 14.0. The van der Waals surface area contributed by atoms with Crippen LogP contribution in [0.1, 0.15) is 44.7 Å². The lowest BCUT2D eigenvalue weighted by Gasteiger charge is -2.28. The zero-order valence-electron chi connectivity index (χ0n) is 20.8. The van der Waals surface area contributed by atoms with Gasteiger partial charge < -0.3 is 14.6 Å². The molecule has 1 aliphatic rings. The molecule has 1 heterocycles. The summed E-state index contributed by atoms with van der Waals surface area (Å²) in [7, 11) is 1.69. The van der Waals surface area contributed by atoms with Crippen molar-refractivity contribution < 1.29 is 19.4 Å². The van der Waals surface area contributed by atoms with E-state index < -0.39 is 5.97 Å². The van der Waals surface area contributed by atoms with Crippen LogP contribution in [-0.4, -0.2) is 41.2 Å². The lowest BCUT2D eigenvalue weighted by atomic mass is 9.82. The third kappa shape index (κ3) is 6.31. The molecule has 1 N–H and O–H groups in total. The van der Waals surface area contributed by atoms with E-state index >= 15 is 0 Å². The van der Waals surface area contributed by atoms with E-state index in [1.165, 1.54) is 16.8 Å². The van der Waals surface area contributed by atoms with E-state index in [9.17, 15) is 4.79 Å². The highest BCUT2D eigenvalue weighted by atomic mass is 16.5. The Labute approximate surface area is 207 Å². The number of hydrogen-bond acceptors (Lipinski definition) is 4. The summed E-state index contributed by atoms with van der Waals surface area (Å²) in [6, 6.07) is 18.8. The minimum absolute atomic E-state index is 0.204. The van der Waals surface area contributed by atoms with Crippen LogP contribution in [0.5, 0.6) is 5.75 Å². The molecule has 186 valence electrons. The van der Waals surface area contributed by atoms with E-state index in [1.54, 1.807) is 7.11 Å². The lowest BCUT2D eigenvalue weighted by Crippen LogP contribution is -2.23. The average molecular weight is 477 g/mol. The van der Waals surface area contributed by atoms with Gasteiger partial charge in [0.15, 0.2) is 0 Å². The van der Waals surface area contributed by atoms with Crippen LogP contribution in [0.25, 0.3) is 22.4 Å². The Morgan fingerprint density at radius 2 is 1.69 bits per heavy atom. The molecule has 6 nitrogen and oxygen atoms in total. The molecule has 0 radical (unpaired) electrons. The highest BCUT2D eigenvalue weighted by Crippen LogP contribution is 2.37. The van der Waals surface area contributed by atoms with Crippen molar-refractivity contribution in [2.75, 3.05) is 20.3 Å². The third-order valence-electron chi connectivity index (χ3n) is 6.95. The highest BCUT2D eigenvalue weighted by molar-refractivity contribution is 5.83. The molecule has 0 unspecified atom stereocenters. The normalized spacial score (nSPS) is 17.9. The summed E-state index contributed by atoms with van der Waals surface area (Å²) < 4.78 is 13.0. The van der Waals surface area contributed by atoms with Gasteiger partial charge in [-0.25, -0.2) is 4.79 Å². The number of hydrogen-bond donors (Lipinski definition) is 1. The van der Waals surface area contributed by atoms with Gasteiger partial charge in [-0.05, 0) is 73.8 Å². The first-order valence-corrected chi connectivity index (χ1v) is 12.7. The molecule has 1 aliphatic carbocycles. The maximum atomic E-state index is 10.7. The number of methoxy groups -OCH3 is 1. The van der Waals surface area contributed by atoms with Gasteiger partial charge in [0, 0.05) is 23.4 Å². The van der Waals surface area contributed by atoms with Crippen molar-refractivity contribution in [2.45, 2.75) is 52.0 Å². The predicted molar refractivity (Wildman–Crippen MR) is 138 cm³/mol. The van der Waals surface area contributed by atoms with E-state index in [4.69, 9.17) is 19.7 Å². The fourth-order valence-electron chi connectivity index (χ4n) is 5.14. The molecule has 0 bridgehead atoms. The standard InChI is InChI=1S/C29H36N2O4/c1-3-7-26-28(23-8-5-4-6-9-23)29(24-14-16-25(34-2)17-15-24)30-31(26)18-21-10-12-22(13-11-21)19-35-20-27(32)33/h4-6,8-9,14-17,21-22H,3,7,10-13,18-20H2,1-2H3,(H,32,33)/t21-,22-. The minimum atomic E-state index is -0.900. The number of carboxylic acid groups (broad SMARTS) is 1. The Bertz CT molecular complexity index is 1080. The average Bonchev–Trinajstić information content (AvgIpc) is 3.23. The predicted octanol–water partition coefficient (Wildman–Crippen LogP) is 6.09. The summed E-state index contributed by atoms with van der Waals surface area (Å²) in [5.74, 6) is 0.955. The number of carbonyl (C=O) groups is 1. The first-order valence-electron chi connectivity index (χ1n) is 12.7. The molecule has 1 fully saturated rings. The summed E-state index contributed by atoms with van der Waals surface area (Å²) >= 11 is 0. The first-order chi connectivity index (χ1) is 17.1. The van der Waals surface area contributed by atoms with Gasteiger partial charge in [0.05, 0.1) is 13.7 Å². The van der Waals surface area contributed by atoms with E-state index in [1.807, 2.05) is 12.1 Å².